The Balaban J connectivity index is 1.86. The number of rotatable bonds is 2. The number of benzene rings is 1. The van der Waals surface area contributed by atoms with Crippen LogP contribution in [0.5, 0.6) is 0 Å². The van der Waals surface area contributed by atoms with Crippen LogP contribution >= 0.6 is 15.9 Å². The van der Waals surface area contributed by atoms with Gasteiger partial charge in [-0.3, -0.25) is 4.99 Å². The SMILES string of the molecule is NC1=NCC(c2ccccc2Br)N1C1CCCCCC1. The van der Waals surface area contributed by atoms with E-state index in [4.69, 9.17) is 5.73 Å². The van der Waals surface area contributed by atoms with E-state index in [1.165, 1.54) is 44.1 Å². The third-order valence-corrected chi connectivity index (χ3v) is 5.23. The Morgan fingerprint density at radius 1 is 1.10 bits per heavy atom. The van der Waals surface area contributed by atoms with Gasteiger partial charge in [-0.15, -0.1) is 0 Å². The molecule has 1 aliphatic heterocycles. The number of hydrogen-bond donors (Lipinski definition) is 1. The molecule has 0 radical (unpaired) electrons. The lowest BCUT2D eigenvalue weighted by Gasteiger charge is -2.34. The van der Waals surface area contributed by atoms with Gasteiger partial charge >= 0.3 is 0 Å². The fourth-order valence-electron chi connectivity index (χ4n) is 3.48. The van der Waals surface area contributed by atoms with Gasteiger partial charge in [-0.1, -0.05) is 59.8 Å². The van der Waals surface area contributed by atoms with Crippen molar-refractivity contribution in [2.24, 2.45) is 10.7 Å². The smallest absolute Gasteiger partial charge is 0.192 e. The van der Waals surface area contributed by atoms with Crippen molar-refractivity contribution in [1.29, 1.82) is 0 Å². The lowest BCUT2D eigenvalue weighted by molar-refractivity contribution is 0.237. The molecule has 1 unspecified atom stereocenters. The van der Waals surface area contributed by atoms with Gasteiger partial charge in [-0.2, -0.15) is 0 Å². The summed E-state index contributed by atoms with van der Waals surface area (Å²) in [6.45, 7) is 0.783. The second-order valence-corrected chi connectivity index (χ2v) is 6.64. The molecular weight excluding hydrogens is 314 g/mol. The van der Waals surface area contributed by atoms with Gasteiger partial charge in [-0.05, 0) is 24.5 Å². The molecule has 108 valence electrons. The maximum absolute atomic E-state index is 6.20. The molecule has 4 heteroatoms. The molecule has 0 amide bonds. The van der Waals surface area contributed by atoms with E-state index in [-0.39, 0.29) is 0 Å². The molecule has 3 rings (SSSR count). The largest absolute Gasteiger partial charge is 0.370 e. The lowest BCUT2D eigenvalue weighted by Crippen LogP contribution is -2.43. The summed E-state index contributed by atoms with van der Waals surface area (Å²) in [6.07, 6.45) is 7.85. The Morgan fingerprint density at radius 2 is 1.80 bits per heavy atom. The fourth-order valence-corrected chi connectivity index (χ4v) is 4.03. The summed E-state index contributed by atoms with van der Waals surface area (Å²) in [5, 5.41) is 0. The molecule has 3 nitrogen and oxygen atoms in total. The summed E-state index contributed by atoms with van der Waals surface area (Å²) in [5.74, 6) is 0.734. The molecule has 0 saturated heterocycles. The minimum absolute atomic E-state index is 0.300. The second kappa shape index (κ2) is 6.17. The Labute approximate surface area is 129 Å². The van der Waals surface area contributed by atoms with Crippen molar-refractivity contribution in [3.05, 3.63) is 34.3 Å². The lowest BCUT2D eigenvalue weighted by atomic mass is 10.0. The molecule has 1 atom stereocenters. The van der Waals surface area contributed by atoms with Crippen LogP contribution in [-0.2, 0) is 0 Å². The minimum Gasteiger partial charge on any atom is -0.370 e. The molecule has 0 aromatic heterocycles. The standard InChI is InChI=1S/C16H22BrN3/c17-14-10-6-5-9-13(14)15-11-19-16(18)20(15)12-7-3-1-2-4-8-12/h5-6,9-10,12,15H,1-4,7-8,11H2,(H2,18,19). The Kier molecular flexibility index (Phi) is 4.29. The van der Waals surface area contributed by atoms with Gasteiger partial charge in [0.2, 0.25) is 0 Å². The van der Waals surface area contributed by atoms with Gasteiger partial charge < -0.3 is 10.6 Å². The van der Waals surface area contributed by atoms with E-state index < -0.39 is 0 Å². The summed E-state index contributed by atoms with van der Waals surface area (Å²) in [5.41, 5.74) is 7.51. The number of nitrogens with zero attached hydrogens (tertiary/aromatic N) is 2. The van der Waals surface area contributed by atoms with Crippen molar-refractivity contribution in [2.75, 3.05) is 6.54 Å². The van der Waals surface area contributed by atoms with Crippen molar-refractivity contribution in [1.82, 2.24) is 4.90 Å². The molecule has 1 aromatic carbocycles. The van der Waals surface area contributed by atoms with Crippen LogP contribution in [0, 0.1) is 0 Å². The molecule has 1 saturated carbocycles. The molecule has 1 aliphatic carbocycles. The third-order valence-electron chi connectivity index (χ3n) is 4.51. The van der Waals surface area contributed by atoms with E-state index in [1.54, 1.807) is 0 Å². The third kappa shape index (κ3) is 2.71. The summed E-state index contributed by atoms with van der Waals surface area (Å²) in [7, 11) is 0. The van der Waals surface area contributed by atoms with Gasteiger partial charge in [0.25, 0.3) is 0 Å². The number of nitrogens with two attached hydrogens (primary N) is 1. The molecule has 1 aromatic rings. The summed E-state index contributed by atoms with van der Waals surface area (Å²) >= 11 is 3.67. The fraction of sp³-hybridized carbons (Fsp3) is 0.562. The van der Waals surface area contributed by atoms with Crippen molar-refractivity contribution in [3.63, 3.8) is 0 Å². The van der Waals surface area contributed by atoms with Crippen LogP contribution in [0.25, 0.3) is 0 Å². The zero-order valence-corrected chi connectivity index (χ0v) is 13.3. The molecule has 1 heterocycles. The van der Waals surface area contributed by atoms with Crippen LogP contribution in [0.3, 0.4) is 0 Å². The maximum atomic E-state index is 6.20. The molecule has 2 aliphatic rings. The molecule has 0 bridgehead atoms. The van der Waals surface area contributed by atoms with Gasteiger partial charge in [0.15, 0.2) is 5.96 Å². The van der Waals surface area contributed by atoms with E-state index in [9.17, 15) is 0 Å². The van der Waals surface area contributed by atoms with E-state index >= 15 is 0 Å². The highest BCUT2D eigenvalue weighted by Crippen LogP contribution is 2.35. The number of halogens is 1. The van der Waals surface area contributed by atoms with Crippen molar-refractivity contribution < 1.29 is 0 Å². The molecular formula is C16H22BrN3. The van der Waals surface area contributed by atoms with E-state index in [0.29, 0.717) is 12.1 Å². The average molecular weight is 336 g/mol. The molecule has 20 heavy (non-hydrogen) atoms. The Hall–Kier alpha value is -1.03. The van der Waals surface area contributed by atoms with Gasteiger partial charge in [0.1, 0.15) is 0 Å². The monoisotopic (exact) mass is 335 g/mol. The van der Waals surface area contributed by atoms with Gasteiger partial charge in [-0.25, -0.2) is 0 Å². The van der Waals surface area contributed by atoms with E-state index in [0.717, 1.165) is 17.0 Å². The van der Waals surface area contributed by atoms with E-state index in [1.807, 2.05) is 0 Å². The average Bonchev–Trinajstić information content (AvgIpc) is 2.66. The van der Waals surface area contributed by atoms with Gasteiger partial charge in [0, 0.05) is 10.5 Å². The zero-order chi connectivity index (χ0) is 13.9. The van der Waals surface area contributed by atoms with Crippen molar-refractivity contribution >= 4 is 21.9 Å². The highest BCUT2D eigenvalue weighted by atomic mass is 79.9. The van der Waals surface area contributed by atoms with Crippen LogP contribution in [0.15, 0.2) is 33.7 Å². The van der Waals surface area contributed by atoms with Crippen molar-refractivity contribution in [2.45, 2.75) is 50.6 Å². The maximum Gasteiger partial charge on any atom is 0.192 e. The van der Waals surface area contributed by atoms with E-state index in [2.05, 4.69) is 50.1 Å². The first-order chi connectivity index (χ1) is 9.77. The topological polar surface area (TPSA) is 41.6 Å². The predicted molar refractivity (Wildman–Crippen MR) is 86.7 cm³/mol. The predicted octanol–water partition coefficient (Wildman–Crippen LogP) is 3.84. The number of guanidine groups is 1. The second-order valence-electron chi connectivity index (χ2n) is 5.79. The van der Waals surface area contributed by atoms with Crippen LogP contribution in [0.4, 0.5) is 0 Å². The normalized spacial score (nSPS) is 24.6. The first-order valence-electron chi connectivity index (χ1n) is 7.60. The van der Waals surface area contributed by atoms with Gasteiger partial charge in [0.05, 0.1) is 12.6 Å². The first kappa shape index (κ1) is 13.9. The Morgan fingerprint density at radius 3 is 2.50 bits per heavy atom. The summed E-state index contributed by atoms with van der Waals surface area (Å²) < 4.78 is 1.16. The van der Waals surface area contributed by atoms with Crippen molar-refractivity contribution in [3.8, 4) is 0 Å². The molecule has 0 spiro atoms. The van der Waals surface area contributed by atoms with Crippen LogP contribution in [-0.4, -0.2) is 23.4 Å². The minimum atomic E-state index is 0.300. The van der Waals surface area contributed by atoms with Crippen LogP contribution < -0.4 is 5.73 Å². The Bertz CT molecular complexity index is 492. The summed E-state index contributed by atoms with van der Waals surface area (Å²) in [4.78, 5) is 6.90. The number of aliphatic imine (C=N–C) groups is 1. The zero-order valence-electron chi connectivity index (χ0n) is 11.8. The highest BCUT2D eigenvalue weighted by Gasteiger charge is 2.34. The number of hydrogen-bond acceptors (Lipinski definition) is 3. The van der Waals surface area contributed by atoms with Crippen LogP contribution in [0.2, 0.25) is 0 Å². The molecule has 1 fully saturated rings. The first-order valence-corrected chi connectivity index (χ1v) is 8.39. The highest BCUT2D eigenvalue weighted by molar-refractivity contribution is 9.10. The van der Waals surface area contributed by atoms with Crippen LogP contribution in [0.1, 0.15) is 50.1 Å². The quantitative estimate of drug-likeness (QED) is 0.834. The molecule has 2 N–H and O–H groups in total. The summed E-state index contributed by atoms with van der Waals surface area (Å²) in [6, 6.07) is 9.30.